The van der Waals surface area contributed by atoms with Crippen molar-refractivity contribution in [1.82, 2.24) is 0 Å². The van der Waals surface area contributed by atoms with Crippen LogP contribution >= 0.6 is 11.6 Å². The molecule has 0 aromatic heterocycles. The van der Waals surface area contributed by atoms with Crippen LogP contribution < -0.4 is 0 Å². The van der Waals surface area contributed by atoms with Crippen LogP contribution in [-0.2, 0) is 14.3 Å². The number of Topliss-reactive ketones (excluding diaryl/α,β-unsaturated/α-hetero) is 2. The topological polar surface area (TPSA) is 83.8 Å². The summed E-state index contributed by atoms with van der Waals surface area (Å²) in [6.45, 7) is 3.60. The van der Waals surface area contributed by atoms with Crippen molar-refractivity contribution in [2.75, 3.05) is 0 Å². The molecule has 6 heteroatoms. The van der Waals surface area contributed by atoms with Gasteiger partial charge in [0.2, 0.25) is 0 Å². The van der Waals surface area contributed by atoms with Crippen molar-refractivity contribution in [3.8, 4) is 0 Å². The molecule has 5 nitrogen and oxygen atoms in total. The first-order valence-electron chi connectivity index (χ1n) is 4.92. The number of hydrogen-bond donors (Lipinski definition) is 2. The number of ether oxygens (including phenoxy) is 1. The SMILES string of the molecule is CC(=O)[C@@]1(O)C[C@@H](Cl)O[C@H](C)[C@@]1(O)C(C)=O. The van der Waals surface area contributed by atoms with Crippen LogP contribution in [0.3, 0.4) is 0 Å². The maximum atomic E-state index is 11.5. The Kier molecular flexibility index (Phi) is 3.45. The van der Waals surface area contributed by atoms with Gasteiger partial charge in [-0.2, -0.15) is 0 Å². The van der Waals surface area contributed by atoms with E-state index in [9.17, 15) is 19.8 Å². The third kappa shape index (κ3) is 1.68. The third-order valence-corrected chi connectivity index (χ3v) is 3.40. The first-order valence-corrected chi connectivity index (χ1v) is 5.36. The van der Waals surface area contributed by atoms with Crippen LogP contribution in [0.4, 0.5) is 0 Å². The first kappa shape index (κ1) is 13.6. The normalized spacial score (nSPS) is 44.1. The summed E-state index contributed by atoms with van der Waals surface area (Å²) in [5.74, 6) is -1.42. The number of halogens is 1. The van der Waals surface area contributed by atoms with Gasteiger partial charge in [0.05, 0.1) is 6.10 Å². The molecule has 0 aromatic carbocycles. The van der Waals surface area contributed by atoms with Crippen molar-refractivity contribution >= 4 is 23.2 Å². The van der Waals surface area contributed by atoms with Gasteiger partial charge in [0.25, 0.3) is 0 Å². The molecule has 1 fully saturated rings. The summed E-state index contributed by atoms with van der Waals surface area (Å²) in [6, 6.07) is 0. The average molecular weight is 251 g/mol. The van der Waals surface area contributed by atoms with E-state index in [-0.39, 0.29) is 6.42 Å². The van der Waals surface area contributed by atoms with E-state index in [1.54, 1.807) is 0 Å². The molecule has 1 aliphatic rings. The summed E-state index contributed by atoms with van der Waals surface area (Å²) in [6.07, 6.45) is -1.36. The molecule has 0 radical (unpaired) electrons. The van der Waals surface area contributed by atoms with E-state index in [0.717, 1.165) is 13.8 Å². The van der Waals surface area contributed by atoms with Crippen molar-refractivity contribution < 1.29 is 24.5 Å². The lowest BCUT2D eigenvalue weighted by molar-refractivity contribution is -0.239. The van der Waals surface area contributed by atoms with Crippen molar-refractivity contribution in [3.63, 3.8) is 0 Å². The second kappa shape index (κ2) is 4.07. The second-order valence-electron chi connectivity index (χ2n) is 4.13. The highest BCUT2D eigenvalue weighted by atomic mass is 35.5. The quantitative estimate of drug-likeness (QED) is 0.674. The lowest BCUT2D eigenvalue weighted by atomic mass is 9.70. The van der Waals surface area contributed by atoms with Crippen LogP contribution in [0.2, 0.25) is 0 Å². The number of hydrogen-bond acceptors (Lipinski definition) is 5. The molecule has 0 bridgehead atoms. The highest BCUT2D eigenvalue weighted by Gasteiger charge is 2.63. The number of aliphatic hydroxyl groups is 2. The molecule has 16 heavy (non-hydrogen) atoms. The zero-order chi connectivity index (χ0) is 12.7. The van der Waals surface area contributed by atoms with Gasteiger partial charge in [0.1, 0.15) is 5.56 Å². The van der Waals surface area contributed by atoms with Crippen molar-refractivity contribution in [2.45, 2.75) is 50.1 Å². The summed E-state index contributed by atoms with van der Waals surface area (Å²) in [5, 5.41) is 20.4. The molecule has 0 saturated carbocycles. The molecular formula is C10H15ClO5. The van der Waals surface area contributed by atoms with E-state index in [1.165, 1.54) is 6.92 Å². The number of ketones is 2. The Morgan fingerprint density at radius 2 is 1.81 bits per heavy atom. The van der Waals surface area contributed by atoms with Gasteiger partial charge >= 0.3 is 0 Å². The summed E-state index contributed by atoms with van der Waals surface area (Å²) >= 11 is 5.72. The fraction of sp³-hybridized carbons (Fsp3) is 0.800. The highest BCUT2D eigenvalue weighted by Crippen LogP contribution is 2.40. The molecular weight excluding hydrogens is 236 g/mol. The minimum atomic E-state index is -2.25. The first-order chi connectivity index (χ1) is 7.16. The van der Waals surface area contributed by atoms with E-state index < -0.39 is 34.4 Å². The molecule has 1 rings (SSSR count). The van der Waals surface area contributed by atoms with Crippen molar-refractivity contribution in [2.24, 2.45) is 0 Å². The van der Waals surface area contributed by atoms with E-state index in [0.29, 0.717) is 0 Å². The molecule has 1 heterocycles. The van der Waals surface area contributed by atoms with Gasteiger partial charge in [-0.05, 0) is 20.8 Å². The smallest absolute Gasteiger partial charge is 0.184 e. The van der Waals surface area contributed by atoms with Gasteiger partial charge in [-0.25, -0.2) is 0 Å². The van der Waals surface area contributed by atoms with Gasteiger partial charge in [0.15, 0.2) is 22.8 Å². The summed E-state index contributed by atoms with van der Waals surface area (Å²) in [5.41, 5.74) is -5.35. The van der Waals surface area contributed by atoms with Crippen LogP contribution in [-0.4, -0.2) is 44.6 Å². The maximum Gasteiger partial charge on any atom is 0.184 e. The molecule has 1 aliphatic heterocycles. The molecule has 0 unspecified atom stereocenters. The van der Waals surface area contributed by atoms with Gasteiger partial charge in [-0.15, -0.1) is 0 Å². The van der Waals surface area contributed by atoms with Crippen LogP contribution in [0.1, 0.15) is 27.2 Å². The van der Waals surface area contributed by atoms with Crippen LogP contribution in [0.15, 0.2) is 0 Å². The molecule has 4 atom stereocenters. The Labute approximate surface area is 98.3 Å². The molecule has 2 N–H and O–H groups in total. The largest absolute Gasteiger partial charge is 0.378 e. The molecule has 0 aromatic rings. The lowest BCUT2D eigenvalue weighted by Crippen LogP contribution is -2.71. The van der Waals surface area contributed by atoms with Gasteiger partial charge in [-0.3, -0.25) is 9.59 Å². The predicted octanol–water partition coefficient (Wildman–Crippen LogP) is 0.000300. The Bertz CT molecular complexity index is 331. The predicted molar refractivity (Wildman–Crippen MR) is 56.1 cm³/mol. The Balaban J connectivity index is 3.29. The summed E-state index contributed by atoms with van der Waals surface area (Å²) < 4.78 is 5.09. The highest BCUT2D eigenvalue weighted by molar-refractivity contribution is 6.20. The molecule has 1 saturated heterocycles. The number of carbonyl (C=O) groups is 2. The van der Waals surface area contributed by atoms with Gasteiger partial charge < -0.3 is 14.9 Å². The number of alkyl halides is 1. The lowest BCUT2D eigenvalue weighted by Gasteiger charge is -2.48. The number of carbonyl (C=O) groups excluding carboxylic acids is 2. The van der Waals surface area contributed by atoms with Gasteiger partial charge in [-0.1, -0.05) is 11.6 Å². The van der Waals surface area contributed by atoms with E-state index in [4.69, 9.17) is 16.3 Å². The summed E-state index contributed by atoms with van der Waals surface area (Å²) in [7, 11) is 0. The van der Waals surface area contributed by atoms with E-state index in [1.807, 2.05) is 0 Å². The van der Waals surface area contributed by atoms with Crippen LogP contribution in [0, 0.1) is 0 Å². The minimum Gasteiger partial charge on any atom is -0.378 e. The third-order valence-electron chi connectivity index (χ3n) is 3.15. The van der Waals surface area contributed by atoms with E-state index in [2.05, 4.69) is 0 Å². The Hall–Kier alpha value is -0.490. The summed E-state index contributed by atoms with van der Waals surface area (Å²) in [4.78, 5) is 22.9. The zero-order valence-corrected chi connectivity index (χ0v) is 10.1. The Morgan fingerprint density at radius 1 is 1.31 bits per heavy atom. The van der Waals surface area contributed by atoms with Crippen molar-refractivity contribution in [3.05, 3.63) is 0 Å². The standard InChI is InChI=1S/C10H15ClO5/c1-5(12)9(14)4-8(11)16-7(3)10(9,15)6(2)13/h7-8,14-15H,4H2,1-3H3/t7-,8+,9+,10+/m1/s1. The maximum absolute atomic E-state index is 11.5. The van der Waals surface area contributed by atoms with Crippen molar-refractivity contribution in [1.29, 1.82) is 0 Å². The Morgan fingerprint density at radius 3 is 2.19 bits per heavy atom. The minimum absolute atomic E-state index is 0.315. The fourth-order valence-electron chi connectivity index (χ4n) is 2.08. The molecule has 0 spiro atoms. The van der Waals surface area contributed by atoms with Gasteiger partial charge in [0, 0.05) is 6.42 Å². The van der Waals surface area contributed by atoms with Crippen LogP contribution in [0.5, 0.6) is 0 Å². The average Bonchev–Trinajstić information content (AvgIpc) is 2.12. The van der Waals surface area contributed by atoms with Crippen LogP contribution in [0.25, 0.3) is 0 Å². The second-order valence-corrected chi connectivity index (χ2v) is 4.62. The zero-order valence-electron chi connectivity index (χ0n) is 9.36. The fourth-order valence-corrected chi connectivity index (χ4v) is 2.46. The molecule has 92 valence electrons. The molecule has 0 aliphatic carbocycles. The molecule has 0 amide bonds. The number of rotatable bonds is 2. The monoisotopic (exact) mass is 250 g/mol. The van der Waals surface area contributed by atoms with E-state index >= 15 is 0 Å².